The van der Waals surface area contributed by atoms with Crippen LogP contribution in [0.15, 0.2) is 30.3 Å². The molecule has 1 amide bonds. The van der Waals surface area contributed by atoms with Gasteiger partial charge in [0, 0.05) is 51.7 Å². The molecule has 0 bridgehead atoms. The van der Waals surface area contributed by atoms with Gasteiger partial charge >= 0.3 is 0 Å². The molecule has 2 fully saturated rings. The molecule has 5 nitrogen and oxygen atoms in total. The van der Waals surface area contributed by atoms with Crippen LogP contribution in [0.5, 0.6) is 0 Å². The molecule has 0 saturated carbocycles. The molecule has 1 unspecified atom stereocenters. The fourth-order valence-electron chi connectivity index (χ4n) is 3.99. The molecule has 3 rings (SSSR count). The van der Waals surface area contributed by atoms with E-state index in [1.165, 1.54) is 5.56 Å². The second kappa shape index (κ2) is 8.30. The van der Waals surface area contributed by atoms with Crippen molar-refractivity contribution in [2.24, 2.45) is 0 Å². The van der Waals surface area contributed by atoms with E-state index < -0.39 is 0 Å². The van der Waals surface area contributed by atoms with Crippen LogP contribution < -0.4 is 0 Å². The maximum Gasteiger partial charge on any atom is 0.222 e. The third-order valence-electron chi connectivity index (χ3n) is 5.89. The molecule has 0 aromatic heterocycles. The van der Waals surface area contributed by atoms with Crippen LogP contribution >= 0.6 is 0 Å². The van der Waals surface area contributed by atoms with E-state index in [1.54, 1.807) is 0 Å². The first-order chi connectivity index (χ1) is 12.1. The average molecular weight is 345 g/mol. The van der Waals surface area contributed by atoms with Crippen molar-refractivity contribution in [1.29, 1.82) is 0 Å². The molecule has 2 heterocycles. The van der Waals surface area contributed by atoms with Gasteiger partial charge in [0.25, 0.3) is 0 Å². The Morgan fingerprint density at radius 3 is 2.68 bits per heavy atom. The number of carbonyl (C=O) groups excluding carboxylic acids is 1. The quantitative estimate of drug-likeness (QED) is 0.763. The van der Waals surface area contributed by atoms with Gasteiger partial charge in [-0.15, -0.1) is 0 Å². The number of piperazine rings is 1. The monoisotopic (exact) mass is 345 g/mol. The fourth-order valence-corrected chi connectivity index (χ4v) is 3.99. The van der Waals surface area contributed by atoms with Gasteiger partial charge < -0.3 is 9.64 Å². The zero-order valence-corrected chi connectivity index (χ0v) is 15.6. The fraction of sp³-hybridized carbons (Fsp3) is 0.650. The Labute approximate surface area is 151 Å². The van der Waals surface area contributed by atoms with E-state index in [1.807, 2.05) is 30.1 Å². The SMILES string of the molecule is CN1CCC2(CCC1=O)CN(CCOCc1ccccc1)CCN2C. The number of nitrogens with zero attached hydrogens (tertiary/aromatic N) is 3. The van der Waals surface area contributed by atoms with Gasteiger partial charge in [0.2, 0.25) is 5.91 Å². The standard InChI is InChI=1S/C20H31N3O2/c1-21-11-10-20(9-8-19(21)24)17-23(13-12-22(20)2)14-15-25-16-18-6-4-3-5-7-18/h3-7H,8-17H2,1-2H3. The summed E-state index contributed by atoms with van der Waals surface area (Å²) in [4.78, 5) is 18.9. The third-order valence-corrected chi connectivity index (χ3v) is 5.89. The zero-order chi connectivity index (χ0) is 17.7. The highest BCUT2D eigenvalue weighted by Crippen LogP contribution is 2.31. The van der Waals surface area contributed by atoms with Gasteiger partial charge in [0.1, 0.15) is 0 Å². The molecule has 1 spiro atoms. The second-order valence-electron chi connectivity index (χ2n) is 7.53. The maximum atomic E-state index is 12.0. The molecular formula is C20H31N3O2. The summed E-state index contributed by atoms with van der Waals surface area (Å²) in [7, 11) is 4.15. The summed E-state index contributed by atoms with van der Waals surface area (Å²) in [6, 6.07) is 10.3. The van der Waals surface area contributed by atoms with Gasteiger partial charge in [0.15, 0.2) is 0 Å². The average Bonchev–Trinajstić information content (AvgIpc) is 2.77. The summed E-state index contributed by atoms with van der Waals surface area (Å²) in [5, 5.41) is 0. The maximum absolute atomic E-state index is 12.0. The van der Waals surface area contributed by atoms with Gasteiger partial charge in [-0.1, -0.05) is 30.3 Å². The molecule has 1 atom stereocenters. The summed E-state index contributed by atoms with van der Waals surface area (Å²) in [5.74, 6) is 0.286. The van der Waals surface area contributed by atoms with Crippen LogP contribution in [-0.4, -0.2) is 79.6 Å². The highest BCUT2D eigenvalue weighted by atomic mass is 16.5. The number of rotatable bonds is 5. The van der Waals surface area contributed by atoms with Crippen LogP contribution in [0.1, 0.15) is 24.8 Å². The number of benzene rings is 1. The lowest BCUT2D eigenvalue weighted by Gasteiger charge is -2.49. The first-order valence-corrected chi connectivity index (χ1v) is 9.38. The van der Waals surface area contributed by atoms with Crippen molar-refractivity contribution in [1.82, 2.24) is 14.7 Å². The minimum Gasteiger partial charge on any atom is -0.375 e. The molecule has 1 aromatic rings. The lowest BCUT2D eigenvalue weighted by atomic mass is 9.86. The van der Waals surface area contributed by atoms with E-state index in [0.717, 1.165) is 52.2 Å². The first kappa shape index (κ1) is 18.4. The molecule has 2 saturated heterocycles. The zero-order valence-electron chi connectivity index (χ0n) is 15.6. The lowest BCUT2D eigenvalue weighted by Crippen LogP contribution is -2.61. The Kier molecular flexibility index (Phi) is 6.10. The first-order valence-electron chi connectivity index (χ1n) is 9.38. The van der Waals surface area contributed by atoms with Crippen LogP contribution in [0.25, 0.3) is 0 Å². The number of likely N-dealkylation sites (N-methyl/N-ethyl adjacent to an activating group) is 1. The Bertz CT molecular complexity index is 565. The van der Waals surface area contributed by atoms with Gasteiger partial charge in [0.05, 0.1) is 13.2 Å². The van der Waals surface area contributed by atoms with Crippen molar-refractivity contribution < 1.29 is 9.53 Å². The molecule has 2 aliphatic heterocycles. The highest BCUT2D eigenvalue weighted by Gasteiger charge is 2.41. The van der Waals surface area contributed by atoms with Crippen molar-refractivity contribution in [3.05, 3.63) is 35.9 Å². The summed E-state index contributed by atoms with van der Waals surface area (Å²) in [6.45, 7) is 6.45. The Morgan fingerprint density at radius 2 is 1.88 bits per heavy atom. The van der Waals surface area contributed by atoms with Crippen molar-refractivity contribution in [3.8, 4) is 0 Å². The van der Waals surface area contributed by atoms with Crippen LogP contribution in [0.4, 0.5) is 0 Å². The predicted octanol–water partition coefficient (Wildman–Crippen LogP) is 1.83. The summed E-state index contributed by atoms with van der Waals surface area (Å²) in [6.07, 6.45) is 2.69. The summed E-state index contributed by atoms with van der Waals surface area (Å²) < 4.78 is 5.87. The number of hydrogen-bond acceptors (Lipinski definition) is 4. The number of likely N-dealkylation sites (tertiary alicyclic amines) is 1. The Balaban J connectivity index is 1.49. The molecule has 0 aliphatic carbocycles. The van der Waals surface area contributed by atoms with Gasteiger partial charge in [-0.25, -0.2) is 0 Å². The minimum atomic E-state index is 0.137. The normalized spacial score (nSPS) is 26.2. The topological polar surface area (TPSA) is 36.0 Å². The summed E-state index contributed by atoms with van der Waals surface area (Å²) >= 11 is 0. The third kappa shape index (κ3) is 4.60. The van der Waals surface area contributed by atoms with Gasteiger partial charge in [-0.05, 0) is 25.5 Å². The van der Waals surface area contributed by atoms with E-state index >= 15 is 0 Å². The largest absolute Gasteiger partial charge is 0.375 e. The van der Waals surface area contributed by atoms with Crippen LogP contribution in [0.3, 0.4) is 0 Å². The number of ether oxygens (including phenoxy) is 1. The molecule has 138 valence electrons. The van der Waals surface area contributed by atoms with Crippen molar-refractivity contribution in [2.45, 2.75) is 31.4 Å². The lowest BCUT2D eigenvalue weighted by molar-refractivity contribution is -0.129. The summed E-state index contributed by atoms with van der Waals surface area (Å²) in [5.41, 5.74) is 1.36. The smallest absolute Gasteiger partial charge is 0.222 e. The number of carbonyl (C=O) groups is 1. The Morgan fingerprint density at radius 1 is 1.08 bits per heavy atom. The van der Waals surface area contributed by atoms with Gasteiger partial charge in [-0.2, -0.15) is 0 Å². The molecule has 25 heavy (non-hydrogen) atoms. The van der Waals surface area contributed by atoms with Crippen LogP contribution in [0, 0.1) is 0 Å². The molecule has 2 aliphatic rings. The van der Waals surface area contributed by atoms with E-state index in [0.29, 0.717) is 13.0 Å². The van der Waals surface area contributed by atoms with Crippen LogP contribution in [-0.2, 0) is 16.1 Å². The highest BCUT2D eigenvalue weighted by molar-refractivity contribution is 5.76. The molecule has 0 N–H and O–H groups in total. The predicted molar refractivity (Wildman–Crippen MR) is 99.4 cm³/mol. The minimum absolute atomic E-state index is 0.137. The molecular weight excluding hydrogens is 314 g/mol. The van der Waals surface area contributed by atoms with E-state index in [9.17, 15) is 4.79 Å². The number of hydrogen-bond donors (Lipinski definition) is 0. The number of amides is 1. The molecule has 5 heteroatoms. The van der Waals surface area contributed by atoms with Gasteiger partial charge in [-0.3, -0.25) is 14.6 Å². The van der Waals surface area contributed by atoms with Crippen molar-refractivity contribution in [2.75, 3.05) is 53.4 Å². The Hall–Kier alpha value is -1.43. The van der Waals surface area contributed by atoms with E-state index in [4.69, 9.17) is 4.74 Å². The molecule has 0 radical (unpaired) electrons. The second-order valence-corrected chi connectivity index (χ2v) is 7.53. The van der Waals surface area contributed by atoms with E-state index in [-0.39, 0.29) is 11.4 Å². The van der Waals surface area contributed by atoms with Crippen molar-refractivity contribution >= 4 is 5.91 Å². The van der Waals surface area contributed by atoms with Crippen LogP contribution in [0.2, 0.25) is 0 Å². The molecule has 1 aromatic carbocycles. The van der Waals surface area contributed by atoms with Crippen molar-refractivity contribution in [3.63, 3.8) is 0 Å². The van der Waals surface area contributed by atoms with E-state index in [2.05, 4.69) is 29.0 Å².